The number of hydrogen-bond donors (Lipinski definition) is 2. The van der Waals surface area contributed by atoms with Gasteiger partial charge in [0.1, 0.15) is 12.3 Å². The first kappa shape index (κ1) is 21.5. The number of rotatable bonds is 7. The standard InChI is InChI=1S/C20H27N3O5S/c1-15-4-7-18(29(25,26)23-8-10-27-11-9-23)12-19(15)21-20(24)14-22(3)13-17-6-5-16(2)28-17/h4-7,12H,8-11,13-14H2,1-3H3,(H,21,24)/p+1. The summed E-state index contributed by atoms with van der Waals surface area (Å²) in [5.41, 5.74) is 1.31. The Hall–Kier alpha value is -2.20. The smallest absolute Gasteiger partial charge is 0.279 e. The van der Waals surface area contributed by atoms with Gasteiger partial charge in [-0.3, -0.25) is 4.79 Å². The maximum Gasteiger partial charge on any atom is 0.279 e. The minimum atomic E-state index is -3.61. The number of quaternary nitrogens is 1. The average molecular weight is 423 g/mol. The van der Waals surface area contributed by atoms with Crippen molar-refractivity contribution in [2.45, 2.75) is 25.3 Å². The van der Waals surface area contributed by atoms with Gasteiger partial charge in [-0.2, -0.15) is 4.31 Å². The summed E-state index contributed by atoms with van der Waals surface area (Å²) in [5.74, 6) is 1.48. The maximum absolute atomic E-state index is 12.9. The van der Waals surface area contributed by atoms with Crippen LogP contribution in [0.4, 0.5) is 5.69 Å². The summed E-state index contributed by atoms with van der Waals surface area (Å²) < 4.78 is 37.9. The molecule has 1 aliphatic heterocycles. The summed E-state index contributed by atoms with van der Waals surface area (Å²) in [4.78, 5) is 13.6. The predicted molar refractivity (Wildman–Crippen MR) is 108 cm³/mol. The average Bonchev–Trinajstić information content (AvgIpc) is 3.08. The largest absolute Gasteiger partial charge is 0.460 e. The van der Waals surface area contributed by atoms with Crippen molar-refractivity contribution in [2.75, 3.05) is 45.2 Å². The molecule has 1 saturated heterocycles. The van der Waals surface area contributed by atoms with Crippen molar-refractivity contribution in [2.24, 2.45) is 0 Å². The number of hydrogen-bond acceptors (Lipinski definition) is 5. The molecule has 1 amide bonds. The fourth-order valence-corrected chi connectivity index (χ4v) is 4.68. The van der Waals surface area contributed by atoms with Crippen molar-refractivity contribution >= 4 is 21.6 Å². The van der Waals surface area contributed by atoms with Crippen LogP contribution in [0.15, 0.2) is 39.6 Å². The molecule has 2 aromatic rings. The number of likely N-dealkylation sites (N-methyl/N-ethyl adjacent to an activating group) is 1. The van der Waals surface area contributed by atoms with Crippen LogP contribution in [0.3, 0.4) is 0 Å². The zero-order valence-electron chi connectivity index (χ0n) is 17.0. The van der Waals surface area contributed by atoms with Crippen LogP contribution in [0.2, 0.25) is 0 Å². The molecule has 1 aliphatic rings. The summed E-state index contributed by atoms with van der Waals surface area (Å²) >= 11 is 0. The van der Waals surface area contributed by atoms with Crippen LogP contribution in [0, 0.1) is 13.8 Å². The Morgan fingerprint density at radius 2 is 1.90 bits per heavy atom. The Bertz CT molecular complexity index is 964. The second kappa shape index (κ2) is 9.08. The van der Waals surface area contributed by atoms with Gasteiger partial charge in [-0.1, -0.05) is 6.07 Å². The van der Waals surface area contributed by atoms with E-state index in [0.717, 1.165) is 22.0 Å². The highest BCUT2D eigenvalue weighted by molar-refractivity contribution is 7.89. The molecule has 1 aromatic carbocycles. The zero-order valence-corrected chi connectivity index (χ0v) is 17.8. The van der Waals surface area contributed by atoms with E-state index < -0.39 is 10.0 Å². The fourth-order valence-electron chi connectivity index (χ4n) is 3.24. The minimum Gasteiger partial charge on any atom is -0.460 e. The molecular formula is C20H28N3O5S+. The fraction of sp³-hybridized carbons (Fsp3) is 0.450. The monoisotopic (exact) mass is 422 g/mol. The van der Waals surface area contributed by atoms with Crippen molar-refractivity contribution in [3.63, 3.8) is 0 Å². The summed E-state index contributed by atoms with van der Waals surface area (Å²) in [6.45, 7) is 5.98. The minimum absolute atomic E-state index is 0.173. The molecule has 8 nitrogen and oxygen atoms in total. The van der Waals surface area contributed by atoms with Gasteiger partial charge in [0.25, 0.3) is 5.91 Å². The molecule has 3 rings (SSSR count). The molecule has 1 aromatic heterocycles. The lowest BCUT2D eigenvalue weighted by atomic mass is 10.2. The number of anilines is 1. The van der Waals surface area contributed by atoms with Crippen molar-refractivity contribution in [1.82, 2.24) is 4.31 Å². The Kier molecular flexibility index (Phi) is 6.74. The van der Waals surface area contributed by atoms with Crippen LogP contribution in [0.5, 0.6) is 0 Å². The second-order valence-corrected chi connectivity index (χ2v) is 9.30. The van der Waals surface area contributed by atoms with E-state index in [1.54, 1.807) is 12.1 Å². The van der Waals surface area contributed by atoms with Crippen LogP contribution in [-0.2, 0) is 26.1 Å². The third-order valence-corrected chi connectivity index (χ3v) is 6.72. The molecule has 0 bridgehead atoms. The lowest BCUT2D eigenvalue weighted by Gasteiger charge is -2.26. The van der Waals surface area contributed by atoms with E-state index in [0.29, 0.717) is 38.5 Å². The maximum atomic E-state index is 12.9. The number of aryl methyl sites for hydroxylation is 2. The van der Waals surface area contributed by atoms with E-state index in [4.69, 9.17) is 9.15 Å². The van der Waals surface area contributed by atoms with Crippen LogP contribution >= 0.6 is 0 Å². The number of carbonyl (C=O) groups is 1. The van der Waals surface area contributed by atoms with Crippen molar-refractivity contribution in [3.8, 4) is 0 Å². The molecule has 1 unspecified atom stereocenters. The molecular weight excluding hydrogens is 394 g/mol. The van der Waals surface area contributed by atoms with E-state index in [1.165, 1.54) is 10.4 Å². The zero-order chi connectivity index (χ0) is 21.0. The number of sulfonamides is 1. The summed E-state index contributed by atoms with van der Waals surface area (Å²) in [5, 5.41) is 2.85. The summed E-state index contributed by atoms with van der Waals surface area (Å²) in [6, 6.07) is 8.62. The highest BCUT2D eigenvalue weighted by Gasteiger charge is 2.27. The van der Waals surface area contributed by atoms with E-state index >= 15 is 0 Å². The lowest BCUT2D eigenvalue weighted by Crippen LogP contribution is -3.08. The van der Waals surface area contributed by atoms with Crippen molar-refractivity contribution in [1.29, 1.82) is 0 Å². The van der Waals surface area contributed by atoms with Gasteiger partial charge in [0, 0.05) is 18.8 Å². The highest BCUT2D eigenvalue weighted by atomic mass is 32.2. The number of nitrogens with zero attached hydrogens (tertiary/aromatic N) is 1. The molecule has 0 aliphatic carbocycles. The lowest BCUT2D eigenvalue weighted by molar-refractivity contribution is -0.886. The molecule has 0 saturated carbocycles. The van der Waals surface area contributed by atoms with E-state index in [-0.39, 0.29) is 17.3 Å². The number of carbonyl (C=O) groups excluding carboxylic acids is 1. The van der Waals surface area contributed by atoms with Gasteiger partial charge in [-0.05, 0) is 43.7 Å². The van der Waals surface area contributed by atoms with Gasteiger partial charge in [-0.25, -0.2) is 8.42 Å². The quantitative estimate of drug-likeness (QED) is 0.681. The van der Waals surface area contributed by atoms with Crippen LogP contribution in [0.25, 0.3) is 0 Å². The van der Waals surface area contributed by atoms with Crippen LogP contribution < -0.4 is 10.2 Å². The first-order valence-electron chi connectivity index (χ1n) is 9.61. The Morgan fingerprint density at radius 1 is 1.17 bits per heavy atom. The third kappa shape index (κ3) is 5.45. The highest BCUT2D eigenvalue weighted by Crippen LogP contribution is 2.23. The predicted octanol–water partition coefficient (Wildman–Crippen LogP) is 0.571. The number of morpholine rings is 1. The van der Waals surface area contributed by atoms with Gasteiger partial charge in [0.15, 0.2) is 12.3 Å². The van der Waals surface area contributed by atoms with Crippen molar-refractivity contribution in [3.05, 3.63) is 47.4 Å². The molecule has 9 heteroatoms. The van der Waals surface area contributed by atoms with E-state index in [1.807, 2.05) is 33.0 Å². The molecule has 29 heavy (non-hydrogen) atoms. The molecule has 0 spiro atoms. The Morgan fingerprint density at radius 3 is 2.55 bits per heavy atom. The number of nitrogens with one attached hydrogen (secondary N) is 2. The number of ether oxygens (including phenoxy) is 1. The summed E-state index contributed by atoms with van der Waals surface area (Å²) in [6.07, 6.45) is 0. The molecule has 158 valence electrons. The van der Waals surface area contributed by atoms with Crippen LogP contribution in [0.1, 0.15) is 17.1 Å². The van der Waals surface area contributed by atoms with E-state index in [2.05, 4.69) is 5.32 Å². The first-order chi connectivity index (χ1) is 13.8. The molecule has 1 fully saturated rings. The third-order valence-electron chi connectivity index (χ3n) is 4.83. The SMILES string of the molecule is Cc1ccc(C[NH+](C)CC(=O)Nc2cc(S(=O)(=O)N3CCOCC3)ccc2C)o1. The second-order valence-electron chi connectivity index (χ2n) is 7.36. The Labute approximate surface area is 171 Å². The topological polar surface area (TPSA) is 93.3 Å². The first-order valence-corrected chi connectivity index (χ1v) is 11.0. The number of benzene rings is 1. The normalized spacial score (nSPS) is 16.5. The molecule has 1 atom stereocenters. The number of furan rings is 1. The Balaban J connectivity index is 1.67. The van der Waals surface area contributed by atoms with Gasteiger partial charge < -0.3 is 19.4 Å². The molecule has 2 N–H and O–H groups in total. The van der Waals surface area contributed by atoms with Gasteiger partial charge in [-0.15, -0.1) is 0 Å². The summed E-state index contributed by atoms with van der Waals surface area (Å²) in [7, 11) is -1.71. The van der Waals surface area contributed by atoms with Gasteiger partial charge >= 0.3 is 0 Å². The molecule has 2 heterocycles. The van der Waals surface area contributed by atoms with Gasteiger partial charge in [0.05, 0.1) is 25.2 Å². The van der Waals surface area contributed by atoms with E-state index in [9.17, 15) is 13.2 Å². The van der Waals surface area contributed by atoms with Gasteiger partial charge in [0.2, 0.25) is 10.0 Å². The van der Waals surface area contributed by atoms with Crippen molar-refractivity contribution < 1.29 is 27.3 Å². The molecule has 0 radical (unpaired) electrons. The van der Waals surface area contributed by atoms with Crippen LogP contribution in [-0.4, -0.2) is 58.5 Å². The number of amides is 1.